The molecule has 7 nitrogen and oxygen atoms in total. The second-order valence-electron chi connectivity index (χ2n) is 6.62. The van der Waals surface area contributed by atoms with E-state index in [9.17, 15) is 8.42 Å². The molecule has 0 saturated carbocycles. The number of hydrogen-bond donors (Lipinski definition) is 3. The van der Waals surface area contributed by atoms with Crippen molar-refractivity contribution in [3.8, 4) is 0 Å². The first kappa shape index (κ1) is 21.3. The molecular formula is C18H27N5O2S3. The van der Waals surface area contributed by atoms with E-state index >= 15 is 0 Å². The molecule has 4 N–H and O–H groups in total. The van der Waals surface area contributed by atoms with Crippen molar-refractivity contribution in [1.29, 1.82) is 0 Å². The van der Waals surface area contributed by atoms with E-state index in [1.807, 2.05) is 6.92 Å². The number of guanidine groups is 1. The number of thiophene rings is 2. The number of sulfonamides is 1. The second kappa shape index (κ2) is 9.84. The molecule has 1 saturated heterocycles. The molecule has 0 aromatic carbocycles. The average molecular weight is 442 g/mol. The van der Waals surface area contributed by atoms with Crippen LogP contribution in [0.1, 0.15) is 35.6 Å². The standard InChI is InChI=1S/C18H27N5O2S3/c1-2-20-18(21-12-14-7-8-17(27-14)28(19,24)25)22-13-15(16-6-5-11-26-16)23-9-3-4-10-23/h5-8,11,15H,2-4,9-10,12-13H2,1H3,(H2,19,24,25)(H2,20,21,22). The highest BCUT2D eigenvalue weighted by molar-refractivity contribution is 7.91. The van der Waals surface area contributed by atoms with Crippen LogP contribution in [0.25, 0.3) is 0 Å². The van der Waals surface area contributed by atoms with Crippen LogP contribution in [-0.4, -0.2) is 45.5 Å². The summed E-state index contributed by atoms with van der Waals surface area (Å²) < 4.78 is 23.0. The summed E-state index contributed by atoms with van der Waals surface area (Å²) in [5, 5.41) is 14.0. The molecule has 10 heteroatoms. The molecular weight excluding hydrogens is 414 g/mol. The van der Waals surface area contributed by atoms with E-state index in [1.165, 1.54) is 23.8 Å². The monoisotopic (exact) mass is 441 g/mol. The van der Waals surface area contributed by atoms with E-state index in [0.29, 0.717) is 12.6 Å². The number of hydrogen-bond acceptors (Lipinski definition) is 6. The predicted octanol–water partition coefficient (Wildman–Crippen LogP) is 2.35. The molecule has 3 heterocycles. The number of primary sulfonamides is 1. The number of nitrogens with one attached hydrogen (secondary N) is 2. The summed E-state index contributed by atoms with van der Waals surface area (Å²) >= 11 is 2.95. The van der Waals surface area contributed by atoms with Crippen LogP contribution in [-0.2, 0) is 16.6 Å². The number of nitrogens with two attached hydrogens (primary N) is 1. The molecule has 0 amide bonds. The minimum absolute atomic E-state index is 0.169. The SMILES string of the molecule is CCNC(=NCc1ccc(S(N)(=O)=O)s1)NCC(c1cccs1)N1CCCC1. The van der Waals surface area contributed by atoms with Crippen molar-refractivity contribution in [2.75, 3.05) is 26.2 Å². The highest BCUT2D eigenvalue weighted by atomic mass is 32.2. The van der Waals surface area contributed by atoms with Crippen LogP contribution < -0.4 is 15.8 Å². The maximum atomic E-state index is 11.4. The lowest BCUT2D eigenvalue weighted by Gasteiger charge is -2.27. The van der Waals surface area contributed by atoms with Gasteiger partial charge in [-0.05, 0) is 56.4 Å². The van der Waals surface area contributed by atoms with E-state index in [0.717, 1.165) is 48.4 Å². The molecule has 2 aromatic heterocycles. The molecule has 1 atom stereocenters. The molecule has 0 aliphatic carbocycles. The van der Waals surface area contributed by atoms with Crippen LogP contribution in [0, 0.1) is 0 Å². The van der Waals surface area contributed by atoms with Gasteiger partial charge in [0.15, 0.2) is 5.96 Å². The summed E-state index contributed by atoms with van der Waals surface area (Å²) in [6, 6.07) is 7.92. The Kier molecular flexibility index (Phi) is 7.47. The van der Waals surface area contributed by atoms with Crippen LogP contribution in [0.5, 0.6) is 0 Å². The smallest absolute Gasteiger partial charge is 0.247 e. The maximum Gasteiger partial charge on any atom is 0.247 e. The molecule has 0 radical (unpaired) electrons. The number of nitrogens with zero attached hydrogens (tertiary/aromatic N) is 2. The third-order valence-corrected chi connectivity index (χ3v) is 8.05. The number of likely N-dealkylation sites (tertiary alicyclic amines) is 1. The summed E-state index contributed by atoms with van der Waals surface area (Å²) in [5.41, 5.74) is 0. The van der Waals surface area contributed by atoms with E-state index < -0.39 is 10.0 Å². The molecule has 0 spiro atoms. The zero-order valence-corrected chi connectivity index (χ0v) is 18.4. The van der Waals surface area contributed by atoms with Gasteiger partial charge in [-0.3, -0.25) is 4.90 Å². The molecule has 154 valence electrons. The molecule has 0 bridgehead atoms. The zero-order chi connectivity index (χ0) is 20.0. The van der Waals surface area contributed by atoms with Gasteiger partial charge in [-0.15, -0.1) is 22.7 Å². The molecule has 2 aromatic rings. The Hall–Kier alpha value is -1.46. The third-order valence-electron chi connectivity index (χ3n) is 4.57. The van der Waals surface area contributed by atoms with Crippen molar-refractivity contribution in [3.05, 3.63) is 39.4 Å². The lowest BCUT2D eigenvalue weighted by molar-refractivity contribution is 0.249. The van der Waals surface area contributed by atoms with E-state index in [-0.39, 0.29) is 4.21 Å². The van der Waals surface area contributed by atoms with E-state index in [1.54, 1.807) is 17.4 Å². The lowest BCUT2D eigenvalue weighted by Crippen LogP contribution is -2.42. The van der Waals surface area contributed by atoms with Crippen molar-refractivity contribution in [2.24, 2.45) is 10.1 Å². The topological polar surface area (TPSA) is 99.8 Å². The number of aliphatic imine (C=N–C) groups is 1. The zero-order valence-electron chi connectivity index (χ0n) is 15.9. The molecule has 3 rings (SSSR count). The van der Waals surface area contributed by atoms with Crippen molar-refractivity contribution in [2.45, 2.75) is 36.6 Å². The minimum atomic E-state index is -3.65. The first-order valence-electron chi connectivity index (χ1n) is 9.38. The maximum absolute atomic E-state index is 11.4. The summed E-state index contributed by atoms with van der Waals surface area (Å²) in [6.45, 7) is 6.22. The Labute approximate surface area is 174 Å². The second-order valence-corrected chi connectivity index (χ2v) is 10.6. The minimum Gasteiger partial charge on any atom is -0.357 e. The Balaban J connectivity index is 1.65. The van der Waals surface area contributed by atoms with Crippen LogP contribution in [0.15, 0.2) is 38.8 Å². The van der Waals surface area contributed by atoms with Gasteiger partial charge in [-0.2, -0.15) is 0 Å². The first-order valence-corrected chi connectivity index (χ1v) is 12.6. The summed E-state index contributed by atoms with van der Waals surface area (Å²) in [7, 11) is -3.65. The normalized spacial score (nSPS) is 17.0. The fourth-order valence-corrected chi connectivity index (χ4v) is 5.80. The van der Waals surface area contributed by atoms with Crippen LogP contribution >= 0.6 is 22.7 Å². The predicted molar refractivity (Wildman–Crippen MR) is 116 cm³/mol. The molecule has 1 fully saturated rings. The molecule has 1 unspecified atom stereocenters. The van der Waals surface area contributed by atoms with Gasteiger partial charge in [0.2, 0.25) is 10.0 Å². The van der Waals surface area contributed by atoms with E-state index in [4.69, 9.17) is 5.14 Å². The highest BCUT2D eigenvalue weighted by Gasteiger charge is 2.24. The van der Waals surface area contributed by atoms with Gasteiger partial charge < -0.3 is 10.6 Å². The fraction of sp³-hybridized carbons (Fsp3) is 0.500. The fourth-order valence-electron chi connectivity index (χ4n) is 3.23. The molecule has 28 heavy (non-hydrogen) atoms. The van der Waals surface area contributed by atoms with Crippen LogP contribution in [0.3, 0.4) is 0 Å². The van der Waals surface area contributed by atoms with Gasteiger partial charge >= 0.3 is 0 Å². The quantitative estimate of drug-likeness (QED) is 0.431. The summed E-state index contributed by atoms with van der Waals surface area (Å²) in [5.74, 6) is 0.730. The molecule has 1 aliphatic heterocycles. The van der Waals surface area contributed by atoms with Gasteiger partial charge in [0.25, 0.3) is 0 Å². The lowest BCUT2D eigenvalue weighted by atomic mass is 10.2. The summed E-state index contributed by atoms with van der Waals surface area (Å²) in [4.78, 5) is 9.36. The largest absolute Gasteiger partial charge is 0.357 e. The van der Waals surface area contributed by atoms with Gasteiger partial charge in [0.1, 0.15) is 4.21 Å². The Bertz CT molecular complexity index is 871. The van der Waals surface area contributed by atoms with Gasteiger partial charge in [0.05, 0.1) is 12.6 Å². The van der Waals surface area contributed by atoms with Gasteiger partial charge in [-0.25, -0.2) is 18.5 Å². The van der Waals surface area contributed by atoms with Crippen LogP contribution in [0.4, 0.5) is 0 Å². The van der Waals surface area contributed by atoms with Gasteiger partial charge in [-0.1, -0.05) is 6.07 Å². The third kappa shape index (κ3) is 5.77. The van der Waals surface area contributed by atoms with Crippen molar-refractivity contribution < 1.29 is 8.42 Å². The number of rotatable bonds is 8. The van der Waals surface area contributed by atoms with Gasteiger partial charge in [0, 0.05) is 22.8 Å². The Morgan fingerprint density at radius 2 is 2.07 bits per heavy atom. The van der Waals surface area contributed by atoms with E-state index in [2.05, 4.69) is 38.0 Å². The first-order chi connectivity index (χ1) is 13.5. The molecule has 1 aliphatic rings. The Morgan fingerprint density at radius 3 is 2.68 bits per heavy atom. The average Bonchev–Trinajstić information content (AvgIpc) is 3.41. The Morgan fingerprint density at radius 1 is 1.29 bits per heavy atom. The van der Waals surface area contributed by atoms with Crippen LogP contribution in [0.2, 0.25) is 0 Å². The van der Waals surface area contributed by atoms with Crippen molar-refractivity contribution in [3.63, 3.8) is 0 Å². The van der Waals surface area contributed by atoms with Crippen molar-refractivity contribution >= 4 is 38.7 Å². The summed E-state index contributed by atoms with van der Waals surface area (Å²) in [6.07, 6.45) is 2.50. The van der Waals surface area contributed by atoms with Crippen molar-refractivity contribution in [1.82, 2.24) is 15.5 Å². The highest BCUT2D eigenvalue weighted by Crippen LogP contribution is 2.27.